The molecule has 6 nitrogen and oxygen atoms in total. The molecule has 1 aliphatic carbocycles. The van der Waals surface area contributed by atoms with Crippen molar-refractivity contribution in [2.45, 2.75) is 51.1 Å². The number of aliphatic imine (C=N–C) groups is 1. The maximum absolute atomic E-state index is 5.59. The largest absolute Gasteiger partial charge is 0.379 e. The molecule has 1 unspecified atom stereocenters. The summed E-state index contributed by atoms with van der Waals surface area (Å²) in [6, 6.07) is 0.754. The Balaban J connectivity index is 1.77. The lowest BCUT2D eigenvalue weighted by Crippen LogP contribution is -2.51. The average molecular weight is 283 g/mol. The number of hydrogen-bond acceptors (Lipinski definition) is 4. The summed E-state index contributed by atoms with van der Waals surface area (Å²) in [5.41, 5.74) is 2.71. The summed E-state index contributed by atoms with van der Waals surface area (Å²) in [5.74, 6) is 6.33. The quantitative estimate of drug-likeness (QED) is 0.302. The van der Waals surface area contributed by atoms with Crippen molar-refractivity contribution < 1.29 is 4.74 Å². The van der Waals surface area contributed by atoms with Crippen LogP contribution in [0.25, 0.3) is 0 Å². The van der Waals surface area contributed by atoms with E-state index in [4.69, 9.17) is 15.6 Å². The second kappa shape index (κ2) is 8.44. The smallest absolute Gasteiger partial charge is 0.206 e. The fourth-order valence-corrected chi connectivity index (χ4v) is 2.96. The van der Waals surface area contributed by atoms with Crippen LogP contribution in [0, 0.1) is 0 Å². The fourth-order valence-electron chi connectivity index (χ4n) is 2.96. The molecule has 2 aliphatic rings. The van der Waals surface area contributed by atoms with E-state index in [2.05, 4.69) is 22.6 Å². The Bertz CT molecular complexity index is 298. The van der Waals surface area contributed by atoms with Crippen LogP contribution in [0.2, 0.25) is 0 Å². The van der Waals surface area contributed by atoms with Crippen LogP contribution in [0.4, 0.5) is 0 Å². The van der Waals surface area contributed by atoms with Crippen LogP contribution in [-0.4, -0.2) is 55.8 Å². The second-order valence-electron chi connectivity index (χ2n) is 5.87. The topological polar surface area (TPSA) is 74.9 Å². The monoisotopic (exact) mass is 283 g/mol. The third-order valence-corrected chi connectivity index (χ3v) is 4.04. The van der Waals surface area contributed by atoms with Gasteiger partial charge in [0.1, 0.15) is 0 Å². The Morgan fingerprint density at radius 2 is 2.00 bits per heavy atom. The molecule has 1 heterocycles. The molecule has 4 N–H and O–H groups in total. The lowest BCUT2D eigenvalue weighted by molar-refractivity contribution is 0.0352. The molecule has 0 aromatic heterocycles. The van der Waals surface area contributed by atoms with Crippen LogP contribution in [-0.2, 0) is 4.74 Å². The maximum atomic E-state index is 5.59. The second-order valence-corrected chi connectivity index (χ2v) is 5.87. The number of nitrogens with two attached hydrogens (primary N) is 1. The van der Waals surface area contributed by atoms with Gasteiger partial charge in [-0.05, 0) is 19.8 Å². The molecule has 6 heteroatoms. The summed E-state index contributed by atoms with van der Waals surface area (Å²) < 4.78 is 5.37. The number of rotatable bonds is 4. The van der Waals surface area contributed by atoms with Crippen molar-refractivity contribution in [2.24, 2.45) is 10.8 Å². The zero-order valence-electron chi connectivity index (χ0n) is 12.6. The maximum Gasteiger partial charge on any atom is 0.206 e. The predicted molar refractivity (Wildman–Crippen MR) is 81.5 cm³/mol. The van der Waals surface area contributed by atoms with Crippen molar-refractivity contribution in [3.63, 3.8) is 0 Å². The van der Waals surface area contributed by atoms with E-state index in [-0.39, 0.29) is 0 Å². The van der Waals surface area contributed by atoms with Crippen LogP contribution in [0.15, 0.2) is 4.99 Å². The van der Waals surface area contributed by atoms with Crippen LogP contribution in [0.3, 0.4) is 0 Å². The molecule has 0 spiro atoms. The van der Waals surface area contributed by atoms with Gasteiger partial charge in [0, 0.05) is 25.7 Å². The van der Waals surface area contributed by atoms with Gasteiger partial charge >= 0.3 is 0 Å². The van der Waals surface area contributed by atoms with E-state index in [1.54, 1.807) is 0 Å². The Morgan fingerprint density at radius 3 is 2.65 bits per heavy atom. The summed E-state index contributed by atoms with van der Waals surface area (Å²) >= 11 is 0. The minimum Gasteiger partial charge on any atom is -0.379 e. The average Bonchev–Trinajstić information content (AvgIpc) is 2.48. The van der Waals surface area contributed by atoms with Crippen molar-refractivity contribution in [3.05, 3.63) is 0 Å². The molecule has 2 rings (SSSR count). The summed E-state index contributed by atoms with van der Waals surface area (Å²) in [4.78, 5) is 7.13. The molecular formula is C14H29N5O. The van der Waals surface area contributed by atoms with Gasteiger partial charge in [-0.25, -0.2) is 10.8 Å². The van der Waals surface area contributed by atoms with Crippen molar-refractivity contribution in [1.82, 2.24) is 15.6 Å². The molecule has 1 atom stereocenters. The van der Waals surface area contributed by atoms with Gasteiger partial charge in [-0.2, -0.15) is 0 Å². The summed E-state index contributed by atoms with van der Waals surface area (Å²) in [7, 11) is 0. The summed E-state index contributed by atoms with van der Waals surface area (Å²) in [6.07, 6.45) is 6.29. The van der Waals surface area contributed by atoms with E-state index in [0.717, 1.165) is 38.8 Å². The molecule has 1 aliphatic heterocycles. The lowest BCUT2D eigenvalue weighted by atomic mass is 9.96. The first-order valence-corrected chi connectivity index (χ1v) is 7.89. The van der Waals surface area contributed by atoms with Gasteiger partial charge in [-0.1, -0.05) is 19.3 Å². The van der Waals surface area contributed by atoms with Crippen LogP contribution < -0.4 is 16.6 Å². The number of hydrogen-bond donors (Lipinski definition) is 3. The van der Waals surface area contributed by atoms with Crippen molar-refractivity contribution >= 4 is 5.96 Å². The standard InChI is InChI=1S/C14H29N5O/c1-12(11-19-7-9-20-10-8-19)16-14(18-15)17-13-5-3-2-4-6-13/h12-13H,2-11,15H2,1H3,(H2,16,17,18). The van der Waals surface area contributed by atoms with E-state index in [1.807, 2.05) is 0 Å². The molecule has 2 fully saturated rings. The lowest BCUT2D eigenvalue weighted by Gasteiger charge is -2.30. The summed E-state index contributed by atoms with van der Waals surface area (Å²) in [5, 5.41) is 3.39. The number of morpholine rings is 1. The van der Waals surface area contributed by atoms with Gasteiger partial charge in [-0.15, -0.1) is 0 Å². The molecule has 0 amide bonds. The highest BCUT2D eigenvalue weighted by molar-refractivity contribution is 5.79. The van der Waals surface area contributed by atoms with E-state index >= 15 is 0 Å². The highest BCUT2D eigenvalue weighted by atomic mass is 16.5. The number of nitrogens with one attached hydrogen (secondary N) is 2. The van der Waals surface area contributed by atoms with Gasteiger partial charge < -0.3 is 10.1 Å². The predicted octanol–water partition coefficient (Wildman–Crippen LogP) is 0.449. The third kappa shape index (κ3) is 5.26. The number of hydrazine groups is 1. The number of nitrogens with zero attached hydrogens (tertiary/aromatic N) is 2. The summed E-state index contributed by atoms with van der Waals surface area (Å²) in [6.45, 7) is 6.86. The minimum atomic E-state index is 0.325. The Kier molecular flexibility index (Phi) is 6.56. The third-order valence-electron chi connectivity index (χ3n) is 4.04. The molecular weight excluding hydrogens is 254 g/mol. The highest BCUT2D eigenvalue weighted by Gasteiger charge is 2.16. The zero-order valence-corrected chi connectivity index (χ0v) is 12.6. The van der Waals surface area contributed by atoms with E-state index in [9.17, 15) is 0 Å². The molecule has 1 saturated heterocycles. The van der Waals surface area contributed by atoms with E-state index in [1.165, 1.54) is 32.1 Å². The molecule has 0 aromatic rings. The van der Waals surface area contributed by atoms with Crippen molar-refractivity contribution in [2.75, 3.05) is 32.8 Å². The van der Waals surface area contributed by atoms with Gasteiger partial charge in [0.25, 0.3) is 0 Å². The SMILES string of the molecule is CC(CN1CCOCC1)NC(=NC1CCCCC1)NN. The van der Waals surface area contributed by atoms with Crippen molar-refractivity contribution in [3.8, 4) is 0 Å². The first kappa shape index (κ1) is 15.5. The minimum absolute atomic E-state index is 0.325. The molecule has 1 saturated carbocycles. The molecule has 0 bridgehead atoms. The van der Waals surface area contributed by atoms with Gasteiger partial charge in [0.15, 0.2) is 0 Å². The fraction of sp³-hybridized carbons (Fsp3) is 0.929. The van der Waals surface area contributed by atoms with Crippen molar-refractivity contribution in [1.29, 1.82) is 0 Å². The van der Waals surface area contributed by atoms with Crippen LogP contribution in [0.5, 0.6) is 0 Å². The molecule has 0 radical (unpaired) electrons. The van der Waals surface area contributed by atoms with Gasteiger partial charge in [0.2, 0.25) is 5.96 Å². The van der Waals surface area contributed by atoms with Crippen LogP contribution in [0.1, 0.15) is 39.0 Å². The molecule has 20 heavy (non-hydrogen) atoms. The Labute approximate surface area is 122 Å². The first-order valence-electron chi connectivity index (χ1n) is 7.89. The van der Waals surface area contributed by atoms with E-state index in [0.29, 0.717) is 12.1 Å². The number of guanidine groups is 1. The van der Waals surface area contributed by atoms with Crippen LogP contribution >= 0.6 is 0 Å². The highest BCUT2D eigenvalue weighted by Crippen LogP contribution is 2.20. The molecule has 116 valence electrons. The Morgan fingerprint density at radius 1 is 1.30 bits per heavy atom. The normalized spacial score (nSPS) is 24.4. The van der Waals surface area contributed by atoms with Gasteiger partial charge in [-0.3, -0.25) is 10.3 Å². The first-order chi connectivity index (χ1) is 9.78. The Hall–Kier alpha value is -0.850. The van der Waals surface area contributed by atoms with Gasteiger partial charge in [0.05, 0.1) is 19.3 Å². The zero-order chi connectivity index (χ0) is 14.2. The number of ether oxygens (including phenoxy) is 1. The molecule has 0 aromatic carbocycles. The van der Waals surface area contributed by atoms with E-state index < -0.39 is 0 Å².